The molecule has 25 heavy (non-hydrogen) atoms. The van der Waals surface area contributed by atoms with Gasteiger partial charge in [0.2, 0.25) is 11.8 Å². The molecule has 2 aromatic rings. The van der Waals surface area contributed by atoms with Crippen molar-refractivity contribution in [1.82, 2.24) is 19.9 Å². The molecule has 7 nitrogen and oxygen atoms in total. The van der Waals surface area contributed by atoms with E-state index in [4.69, 9.17) is 9.47 Å². The number of aryl methyl sites for hydroxylation is 1. The van der Waals surface area contributed by atoms with Crippen LogP contribution >= 0.6 is 0 Å². The molecule has 7 heteroatoms. The van der Waals surface area contributed by atoms with E-state index in [-0.39, 0.29) is 18.4 Å². The van der Waals surface area contributed by atoms with Gasteiger partial charge in [0.15, 0.2) is 5.75 Å². The molecule has 1 amide bonds. The van der Waals surface area contributed by atoms with Crippen LogP contribution in [-0.2, 0) is 9.53 Å². The molecule has 3 rings (SSSR count). The lowest BCUT2D eigenvalue weighted by atomic mass is 9.94. The highest BCUT2D eigenvalue weighted by molar-refractivity contribution is 5.77. The first-order chi connectivity index (χ1) is 12.2. The van der Waals surface area contributed by atoms with Gasteiger partial charge in [-0.15, -0.1) is 0 Å². The largest absolute Gasteiger partial charge is 0.435 e. The summed E-state index contributed by atoms with van der Waals surface area (Å²) in [5.74, 6) is 1.23. The smallest absolute Gasteiger partial charge is 0.248 e. The third-order valence-electron chi connectivity index (χ3n) is 4.28. The number of likely N-dealkylation sites (tertiary alicyclic amines) is 1. The van der Waals surface area contributed by atoms with Crippen molar-refractivity contribution in [3.8, 4) is 11.6 Å². The number of aromatic nitrogens is 3. The summed E-state index contributed by atoms with van der Waals surface area (Å²) in [4.78, 5) is 27.0. The van der Waals surface area contributed by atoms with Crippen LogP contribution in [0.3, 0.4) is 0 Å². The summed E-state index contributed by atoms with van der Waals surface area (Å²) in [5, 5.41) is 0. The van der Waals surface area contributed by atoms with Gasteiger partial charge in [0.05, 0.1) is 5.69 Å². The van der Waals surface area contributed by atoms with Crippen LogP contribution in [0.15, 0.2) is 30.7 Å². The summed E-state index contributed by atoms with van der Waals surface area (Å²) in [6.07, 6.45) is 6.86. The zero-order chi connectivity index (χ0) is 17.6. The lowest BCUT2D eigenvalue weighted by molar-refractivity contribution is -0.136. The highest BCUT2D eigenvalue weighted by Gasteiger charge is 2.28. The van der Waals surface area contributed by atoms with Gasteiger partial charge in [-0.2, -0.15) is 0 Å². The first kappa shape index (κ1) is 17.3. The van der Waals surface area contributed by atoms with Crippen LogP contribution in [0, 0.1) is 6.92 Å². The number of pyridine rings is 1. The number of nitrogens with zero attached hydrogens (tertiary/aromatic N) is 4. The van der Waals surface area contributed by atoms with Crippen molar-refractivity contribution in [2.75, 3.05) is 26.8 Å². The highest BCUT2D eigenvalue weighted by atomic mass is 16.5. The van der Waals surface area contributed by atoms with Crippen LogP contribution < -0.4 is 4.74 Å². The van der Waals surface area contributed by atoms with Crippen molar-refractivity contribution < 1.29 is 14.3 Å². The first-order valence-corrected chi connectivity index (χ1v) is 8.36. The third-order valence-corrected chi connectivity index (χ3v) is 4.28. The SMILES string of the molecule is COCC(=O)N1CCC[C@@H](c2nccnc2Oc2cccnc2C)C1. The molecule has 0 saturated carbocycles. The molecule has 1 atom stereocenters. The second-order valence-corrected chi connectivity index (χ2v) is 6.05. The molecule has 1 fully saturated rings. The summed E-state index contributed by atoms with van der Waals surface area (Å²) in [5.41, 5.74) is 1.57. The average Bonchev–Trinajstić information content (AvgIpc) is 2.64. The number of carbonyl (C=O) groups is 1. The Bertz CT molecular complexity index is 738. The zero-order valence-corrected chi connectivity index (χ0v) is 14.5. The molecule has 0 N–H and O–H groups in total. The maximum atomic E-state index is 12.1. The van der Waals surface area contributed by atoms with Crippen LogP contribution in [0.1, 0.15) is 30.1 Å². The molecule has 3 heterocycles. The van der Waals surface area contributed by atoms with Crippen LogP contribution in [0.2, 0.25) is 0 Å². The standard InChI is InChI=1S/C18H22N4O3/c1-13-15(6-3-7-19-13)25-18-17(20-8-9-21-18)14-5-4-10-22(11-14)16(23)12-24-2/h3,6-9,14H,4-5,10-12H2,1-2H3/t14-/m1/s1. The molecule has 1 aliphatic heterocycles. The lowest BCUT2D eigenvalue weighted by Crippen LogP contribution is -2.41. The number of rotatable bonds is 5. The fourth-order valence-corrected chi connectivity index (χ4v) is 3.02. The number of amides is 1. The van der Waals surface area contributed by atoms with E-state index in [0.717, 1.165) is 30.8 Å². The predicted molar refractivity (Wildman–Crippen MR) is 91.5 cm³/mol. The van der Waals surface area contributed by atoms with E-state index in [9.17, 15) is 4.79 Å². The van der Waals surface area contributed by atoms with Crippen molar-refractivity contribution in [2.45, 2.75) is 25.7 Å². The molecule has 0 spiro atoms. The van der Waals surface area contributed by atoms with Gasteiger partial charge in [-0.1, -0.05) is 0 Å². The van der Waals surface area contributed by atoms with Gasteiger partial charge in [-0.3, -0.25) is 14.8 Å². The summed E-state index contributed by atoms with van der Waals surface area (Å²) >= 11 is 0. The van der Waals surface area contributed by atoms with Crippen molar-refractivity contribution in [3.05, 3.63) is 42.1 Å². The minimum atomic E-state index is 0.00154. The summed E-state index contributed by atoms with van der Waals surface area (Å²) < 4.78 is 10.9. The molecule has 0 radical (unpaired) electrons. The molecule has 2 aromatic heterocycles. The van der Waals surface area contributed by atoms with Crippen molar-refractivity contribution in [2.24, 2.45) is 0 Å². The van der Waals surface area contributed by atoms with Gasteiger partial charge in [0.25, 0.3) is 0 Å². The predicted octanol–water partition coefficient (Wildman–Crippen LogP) is 2.32. The highest BCUT2D eigenvalue weighted by Crippen LogP contribution is 2.33. The Balaban J connectivity index is 1.80. The van der Waals surface area contributed by atoms with Crippen LogP contribution in [-0.4, -0.2) is 52.6 Å². The van der Waals surface area contributed by atoms with Gasteiger partial charge in [0.1, 0.15) is 12.3 Å². The first-order valence-electron chi connectivity index (χ1n) is 8.36. The maximum Gasteiger partial charge on any atom is 0.248 e. The Labute approximate surface area is 147 Å². The van der Waals surface area contributed by atoms with Crippen LogP contribution in [0.5, 0.6) is 11.6 Å². The molecule has 1 saturated heterocycles. The average molecular weight is 342 g/mol. The van der Waals surface area contributed by atoms with E-state index in [1.165, 1.54) is 7.11 Å². The van der Waals surface area contributed by atoms with Gasteiger partial charge < -0.3 is 14.4 Å². The quantitative estimate of drug-likeness (QED) is 0.830. The monoisotopic (exact) mass is 342 g/mol. The van der Waals surface area contributed by atoms with Crippen LogP contribution in [0.4, 0.5) is 0 Å². The second-order valence-electron chi connectivity index (χ2n) is 6.05. The van der Waals surface area contributed by atoms with E-state index in [0.29, 0.717) is 18.2 Å². The Morgan fingerprint density at radius 3 is 2.92 bits per heavy atom. The van der Waals surface area contributed by atoms with Gasteiger partial charge >= 0.3 is 0 Å². The summed E-state index contributed by atoms with van der Waals surface area (Å²) in [6.45, 7) is 3.34. The van der Waals surface area contributed by atoms with Gasteiger partial charge in [-0.05, 0) is 31.9 Å². The van der Waals surface area contributed by atoms with E-state index in [2.05, 4.69) is 15.0 Å². The fraction of sp³-hybridized carbons (Fsp3) is 0.444. The molecule has 0 bridgehead atoms. The van der Waals surface area contributed by atoms with Crippen molar-refractivity contribution in [3.63, 3.8) is 0 Å². The minimum absolute atomic E-state index is 0.00154. The van der Waals surface area contributed by atoms with Gasteiger partial charge in [0, 0.05) is 44.7 Å². The summed E-state index contributed by atoms with van der Waals surface area (Å²) in [6, 6.07) is 3.68. The number of hydrogen-bond donors (Lipinski definition) is 0. The molecule has 1 aliphatic rings. The van der Waals surface area contributed by atoms with E-state index in [1.54, 1.807) is 18.6 Å². The molecule has 0 aliphatic carbocycles. The molecule has 0 unspecified atom stereocenters. The normalized spacial score (nSPS) is 17.4. The van der Waals surface area contributed by atoms with Crippen molar-refractivity contribution in [1.29, 1.82) is 0 Å². The van der Waals surface area contributed by atoms with E-state index >= 15 is 0 Å². The summed E-state index contributed by atoms with van der Waals surface area (Å²) in [7, 11) is 1.53. The second kappa shape index (κ2) is 8.02. The Morgan fingerprint density at radius 1 is 1.28 bits per heavy atom. The number of hydrogen-bond acceptors (Lipinski definition) is 6. The zero-order valence-electron chi connectivity index (χ0n) is 14.5. The Morgan fingerprint density at radius 2 is 2.12 bits per heavy atom. The molecule has 0 aromatic carbocycles. The van der Waals surface area contributed by atoms with E-state index in [1.807, 2.05) is 24.0 Å². The minimum Gasteiger partial charge on any atom is -0.435 e. The maximum absolute atomic E-state index is 12.1. The Hall–Kier alpha value is -2.54. The Kier molecular flexibility index (Phi) is 5.55. The van der Waals surface area contributed by atoms with Crippen molar-refractivity contribution >= 4 is 5.91 Å². The van der Waals surface area contributed by atoms with Gasteiger partial charge in [-0.25, -0.2) is 4.98 Å². The lowest BCUT2D eigenvalue weighted by Gasteiger charge is -2.32. The number of ether oxygens (including phenoxy) is 2. The third kappa shape index (κ3) is 4.11. The molecule has 132 valence electrons. The van der Waals surface area contributed by atoms with Crippen LogP contribution in [0.25, 0.3) is 0 Å². The fourth-order valence-electron chi connectivity index (χ4n) is 3.02. The van der Waals surface area contributed by atoms with E-state index < -0.39 is 0 Å². The topological polar surface area (TPSA) is 77.4 Å². The molecular weight excluding hydrogens is 320 g/mol. The molecular formula is C18H22N4O3. The number of carbonyl (C=O) groups excluding carboxylic acids is 1. The number of methoxy groups -OCH3 is 1. The number of piperidine rings is 1.